The highest BCUT2D eigenvalue weighted by molar-refractivity contribution is 6.03. The van der Waals surface area contributed by atoms with Crippen LogP contribution in [0.15, 0.2) is 84.0 Å². The van der Waals surface area contributed by atoms with E-state index in [1.54, 1.807) is 24.3 Å². The number of benzene rings is 3. The molecular formula is C29H31FN4O2. The molecule has 2 aliphatic heterocycles. The summed E-state index contributed by atoms with van der Waals surface area (Å²) in [4.78, 5) is 18.1. The van der Waals surface area contributed by atoms with Crippen LogP contribution in [-0.2, 0) is 11.3 Å². The van der Waals surface area contributed by atoms with Crippen LogP contribution >= 0.6 is 0 Å². The van der Waals surface area contributed by atoms with Crippen molar-refractivity contribution in [3.8, 4) is 5.75 Å². The monoisotopic (exact) mass is 486 g/mol. The fourth-order valence-corrected chi connectivity index (χ4v) is 4.85. The largest absolute Gasteiger partial charge is 0.497 e. The van der Waals surface area contributed by atoms with Crippen LogP contribution in [0.1, 0.15) is 29.2 Å². The number of piperazine rings is 1. The van der Waals surface area contributed by atoms with Crippen molar-refractivity contribution < 1.29 is 13.9 Å². The second kappa shape index (κ2) is 11.0. The second-order valence-electron chi connectivity index (χ2n) is 9.32. The predicted octanol–water partition coefficient (Wildman–Crippen LogP) is 4.33. The first-order valence-electron chi connectivity index (χ1n) is 12.4. The Hall–Kier alpha value is -3.55. The van der Waals surface area contributed by atoms with Crippen molar-refractivity contribution in [1.29, 1.82) is 0 Å². The number of amides is 1. The lowest BCUT2D eigenvalue weighted by molar-refractivity contribution is -0.134. The molecule has 3 aromatic rings. The zero-order valence-electron chi connectivity index (χ0n) is 20.5. The summed E-state index contributed by atoms with van der Waals surface area (Å²) in [6.07, 6.45) is 0.578. The van der Waals surface area contributed by atoms with E-state index < -0.39 is 0 Å². The summed E-state index contributed by atoms with van der Waals surface area (Å²) in [5.41, 5.74) is 3.98. The van der Waals surface area contributed by atoms with Crippen molar-refractivity contribution in [2.75, 3.05) is 39.8 Å². The van der Waals surface area contributed by atoms with Gasteiger partial charge in [0.05, 0.1) is 25.4 Å². The first-order chi connectivity index (χ1) is 17.6. The van der Waals surface area contributed by atoms with Gasteiger partial charge in [0.1, 0.15) is 11.6 Å². The number of hydrazone groups is 1. The van der Waals surface area contributed by atoms with Gasteiger partial charge in [-0.3, -0.25) is 14.6 Å². The molecular weight excluding hydrogens is 455 g/mol. The lowest BCUT2D eigenvalue weighted by atomic mass is 9.98. The molecule has 0 N–H and O–H groups in total. The number of nitrogens with zero attached hydrogens (tertiary/aromatic N) is 4. The van der Waals surface area contributed by atoms with Gasteiger partial charge in [0.25, 0.3) is 5.91 Å². The molecule has 36 heavy (non-hydrogen) atoms. The molecule has 0 saturated carbocycles. The molecule has 1 atom stereocenters. The van der Waals surface area contributed by atoms with Gasteiger partial charge < -0.3 is 4.74 Å². The van der Waals surface area contributed by atoms with Crippen molar-refractivity contribution in [3.05, 3.63) is 101 Å². The van der Waals surface area contributed by atoms with E-state index in [1.165, 1.54) is 17.7 Å². The van der Waals surface area contributed by atoms with E-state index >= 15 is 0 Å². The van der Waals surface area contributed by atoms with Gasteiger partial charge in [0, 0.05) is 39.1 Å². The van der Waals surface area contributed by atoms with Gasteiger partial charge >= 0.3 is 0 Å². The summed E-state index contributed by atoms with van der Waals surface area (Å²) < 4.78 is 18.9. The quantitative estimate of drug-likeness (QED) is 0.499. The summed E-state index contributed by atoms with van der Waals surface area (Å²) in [5, 5.41) is 6.36. The third-order valence-corrected chi connectivity index (χ3v) is 6.92. The Morgan fingerprint density at radius 3 is 2.25 bits per heavy atom. The SMILES string of the molecule is COc1ccc(C2=NN(C(=O)CN3CCN(Cc4ccccc4)CC3)C(c3ccc(F)cc3)C2)cc1. The molecule has 0 bridgehead atoms. The maximum absolute atomic E-state index is 13.6. The second-order valence-corrected chi connectivity index (χ2v) is 9.32. The molecule has 3 aromatic carbocycles. The molecule has 0 radical (unpaired) electrons. The van der Waals surface area contributed by atoms with E-state index in [0.29, 0.717) is 13.0 Å². The molecule has 186 valence electrons. The number of ether oxygens (including phenoxy) is 1. The van der Waals surface area contributed by atoms with Gasteiger partial charge in [-0.05, 0) is 53.1 Å². The Bertz CT molecular complexity index is 1190. The van der Waals surface area contributed by atoms with Gasteiger partial charge in [-0.25, -0.2) is 9.40 Å². The normalized spacial score (nSPS) is 18.8. The highest BCUT2D eigenvalue weighted by atomic mass is 19.1. The molecule has 1 fully saturated rings. The molecule has 0 aromatic heterocycles. The van der Waals surface area contributed by atoms with Gasteiger partial charge in [0.15, 0.2) is 0 Å². The highest BCUT2D eigenvalue weighted by Crippen LogP contribution is 2.33. The molecule has 2 aliphatic rings. The Balaban J connectivity index is 1.27. The lowest BCUT2D eigenvalue weighted by Gasteiger charge is -2.35. The van der Waals surface area contributed by atoms with Gasteiger partial charge in [-0.15, -0.1) is 0 Å². The van der Waals surface area contributed by atoms with Crippen molar-refractivity contribution in [1.82, 2.24) is 14.8 Å². The third kappa shape index (κ3) is 5.64. The topological polar surface area (TPSA) is 48.4 Å². The summed E-state index contributed by atoms with van der Waals surface area (Å²) >= 11 is 0. The Morgan fingerprint density at radius 1 is 0.917 bits per heavy atom. The zero-order valence-corrected chi connectivity index (χ0v) is 20.5. The van der Waals surface area contributed by atoms with Crippen LogP contribution in [0.5, 0.6) is 5.75 Å². The van der Waals surface area contributed by atoms with E-state index in [4.69, 9.17) is 9.84 Å². The van der Waals surface area contributed by atoms with Crippen LogP contribution in [0.2, 0.25) is 0 Å². The van der Waals surface area contributed by atoms with Gasteiger partial charge in [-0.2, -0.15) is 5.10 Å². The van der Waals surface area contributed by atoms with Gasteiger partial charge in [-0.1, -0.05) is 42.5 Å². The third-order valence-electron chi connectivity index (χ3n) is 6.92. The van der Waals surface area contributed by atoms with E-state index in [1.807, 2.05) is 30.3 Å². The molecule has 0 spiro atoms. The number of rotatable bonds is 7. The van der Waals surface area contributed by atoms with E-state index in [0.717, 1.165) is 55.3 Å². The fourth-order valence-electron chi connectivity index (χ4n) is 4.85. The zero-order chi connectivity index (χ0) is 24.9. The molecule has 1 unspecified atom stereocenters. The van der Waals surface area contributed by atoms with Crippen LogP contribution in [0, 0.1) is 5.82 Å². The molecule has 6 nitrogen and oxygen atoms in total. The van der Waals surface area contributed by atoms with E-state index in [9.17, 15) is 9.18 Å². The van der Waals surface area contributed by atoms with Crippen LogP contribution in [0.3, 0.4) is 0 Å². The van der Waals surface area contributed by atoms with Crippen LogP contribution in [0.25, 0.3) is 0 Å². The summed E-state index contributed by atoms with van der Waals surface area (Å²) in [5.74, 6) is 0.440. The van der Waals surface area contributed by atoms with Crippen LogP contribution < -0.4 is 4.74 Å². The minimum absolute atomic E-state index is 0.0376. The number of halogens is 1. The van der Waals surface area contributed by atoms with E-state index in [-0.39, 0.29) is 17.8 Å². The van der Waals surface area contributed by atoms with E-state index in [2.05, 4.69) is 34.1 Å². The molecule has 2 heterocycles. The Morgan fingerprint density at radius 2 is 1.58 bits per heavy atom. The van der Waals surface area contributed by atoms with Crippen molar-refractivity contribution in [2.24, 2.45) is 5.10 Å². The first kappa shape index (κ1) is 24.2. The minimum atomic E-state index is -0.292. The molecule has 1 amide bonds. The Labute approximate surface area is 211 Å². The molecule has 7 heteroatoms. The number of hydrogen-bond acceptors (Lipinski definition) is 5. The molecule has 1 saturated heterocycles. The summed E-state index contributed by atoms with van der Waals surface area (Å²) in [7, 11) is 1.63. The maximum Gasteiger partial charge on any atom is 0.257 e. The smallest absolute Gasteiger partial charge is 0.257 e. The number of carbonyl (C=O) groups is 1. The van der Waals surface area contributed by atoms with Crippen molar-refractivity contribution in [2.45, 2.75) is 19.0 Å². The first-order valence-corrected chi connectivity index (χ1v) is 12.4. The lowest BCUT2D eigenvalue weighted by Crippen LogP contribution is -2.49. The van der Waals surface area contributed by atoms with Crippen LogP contribution in [-0.4, -0.2) is 66.3 Å². The number of methoxy groups -OCH3 is 1. The molecule has 5 rings (SSSR count). The van der Waals surface area contributed by atoms with Crippen LogP contribution in [0.4, 0.5) is 4.39 Å². The minimum Gasteiger partial charge on any atom is -0.497 e. The van der Waals surface area contributed by atoms with Crippen molar-refractivity contribution >= 4 is 11.6 Å². The molecule has 0 aliphatic carbocycles. The van der Waals surface area contributed by atoms with Gasteiger partial charge in [0.2, 0.25) is 0 Å². The summed E-state index contributed by atoms with van der Waals surface area (Å²) in [6.45, 7) is 4.76. The average Bonchev–Trinajstić information content (AvgIpc) is 3.37. The average molecular weight is 487 g/mol. The maximum atomic E-state index is 13.6. The standard InChI is InChI=1S/C29H31FN4O2/c1-36-26-13-9-23(10-14-26)27-19-28(24-7-11-25(30)12-8-24)34(31-27)29(35)21-33-17-15-32(16-18-33)20-22-5-3-2-4-6-22/h2-14,28H,15-21H2,1H3. The summed E-state index contributed by atoms with van der Waals surface area (Å²) in [6, 6.07) is 24.3. The fraction of sp³-hybridized carbons (Fsp3) is 0.310. The number of hydrogen-bond donors (Lipinski definition) is 0. The van der Waals surface area contributed by atoms with Crippen molar-refractivity contribution in [3.63, 3.8) is 0 Å². The highest BCUT2D eigenvalue weighted by Gasteiger charge is 2.34. The number of carbonyl (C=O) groups excluding carboxylic acids is 1. The predicted molar refractivity (Wildman–Crippen MR) is 138 cm³/mol. The Kier molecular flexibility index (Phi) is 7.39.